The lowest BCUT2D eigenvalue weighted by Crippen LogP contribution is -2.35. The van der Waals surface area contributed by atoms with Gasteiger partial charge in [-0.05, 0) is 38.5 Å². The Labute approximate surface area is 132 Å². The SMILES string of the molecule is COCCCOc1c(Cl)cc(CNC(C)(C)C)cc1OC. The Balaban J connectivity index is 2.77. The fraction of sp³-hybridized carbons (Fsp3) is 0.625. The zero-order chi connectivity index (χ0) is 15.9. The van der Waals surface area contributed by atoms with Gasteiger partial charge in [-0.15, -0.1) is 0 Å². The molecule has 0 aromatic heterocycles. The van der Waals surface area contributed by atoms with Crippen LogP contribution in [0.3, 0.4) is 0 Å². The Morgan fingerprint density at radius 1 is 1.14 bits per heavy atom. The Hall–Kier alpha value is -0.970. The fourth-order valence-corrected chi connectivity index (χ4v) is 2.05. The number of rotatable bonds is 8. The van der Waals surface area contributed by atoms with Crippen molar-refractivity contribution in [2.45, 2.75) is 39.3 Å². The average Bonchev–Trinajstić information content (AvgIpc) is 2.41. The number of halogens is 1. The number of methoxy groups -OCH3 is 2. The molecule has 1 rings (SSSR count). The molecule has 0 aliphatic carbocycles. The van der Waals surface area contributed by atoms with Crippen LogP contribution in [0.1, 0.15) is 32.8 Å². The topological polar surface area (TPSA) is 39.7 Å². The first-order valence-corrected chi connectivity index (χ1v) is 7.48. The van der Waals surface area contributed by atoms with E-state index in [1.54, 1.807) is 14.2 Å². The van der Waals surface area contributed by atoms with Gasteiger partial charge in [0.15, 0.2) is 11.5 Å². The van der Waals surface area contributed by atoms with Crippen LogP contribution in [0.25, 0.3) is 0 Å². The van der Waals surface area contributed by atoms with Crippen molar-refractivity contribution in [3.8, 4) is 11.5 Å². The highest BCUT2D eigenvalue weighted by Gasteiger charge is 2.14. The lowest BCUT2D eigenvalue weighted by atomic mass is 10.1. The van der Waals surface area contributed by atoms with Crippen LogP contribution in [-0.2, 0) is 11.3 Å². The van der Waals surface area contributed by atoms with E-state index in [-0.39, 0.29) is 5.54 Å². The van der Waals surface area contributed by atoms with Crippen LogP contribution < -0.4 is 14.8 Å². The molecule has 0 radical (unpaired) electrons. The maximum atomic E-state index is 6.31. The van der Waals surface area contributed by atoms with Gasteiger partial charge in [-0.25, -0.2) is 0 Å². The van der Waals surface area contributed by atoms with Crippen molar-refractivity contribution in [1.29, 1.82) is 0 Å². The first-order valence-electron chi connectivity index (χ1n) is 7.10. The second kappa shape index (κ2) is 8.47. The Morgan fingerprint density at radius 3 is 2.43 bits per heavy atom. The minimum Gasteiger partial charge on any atom is -0.493 e. The van der Waals surface area contributed by atoms with E-state index >= 15 is 0 Å². The summed E-state index contributed by atoms with van der Waals surface area (Å²) in [5.74, 6) is 1.25. The molecule has 0 bridgehead atoms. The van der Waals surface area contributed by atoms with Gasteiger partial charge < -0.3 is 19.5 Å². The van der Waals surface area contributed by atoms with Crippen molar-refractivity contribution in [2.75, 3.05) is 27.4 Å². The molecule has 0 saturated carbocycles. The standard InChI is InChI=1S/C16H26ClNO3/c1-16(2,3)18-11-12-9-13(17)15(14(10-12)20-5)21-8-6-7-19-4/h9-10,18H,6-8,11H2,1-5H3. The molecule has 0 spiro atoms. The van der Waals surface area contributed by atoms with Gasteiger partial charge in [-0.1, -0.05) is 11.6 Å². The van der Waals surface area contributed by atoms with Crippen LogP contribution in [0.15, 0.2) is 12.1 Å². The van der Waals surface area contributed by atoms with Gasteiger partial charge in [0, 0.05) is 32.2 Å². The highest BCUT2D eigenvalue weighted by molar-refractivity contribution is 6.32. The predicted octanol–water partition coefficient (Wildman–Crippen LogP) is 3.65. The monoisotopic (exact) mass is 315 g/mol. The number of hydrogen-bond acceptors (Lipinski definition) is 4. The summed E-state index contributed by atoms with van der Waals surface area (Å²) in [6.07, 6.45) is 0.809. The molecule has 0 fully saturated rings. The van der Waals surface area contributed by atoms with E-state index in [1.807, 2.05) is 12.1 Å². The van der Waals surface area contributed by atoms with E-state index in [4.69, 9.17) is 25.8 Å². The van der Waals surface area contributed by atoms with Crippen molar-refractivity contribution in [2.24, 2.45) is 0 Å². The number of nitrogens with one attached hydrogen (secondary N) is 1. The molecule has 21 heavy (non-hydrogen) atoms. The molecule has 4 nitrogen and oxygen atoms in total. The zero-order valence-corrected chi connectivity index (χ0v) is 14.3. The number of benzene rings is 1. The van der Waals surface area contributed by atoms with Crippen LogP contribution in [-0.4, -0.2) is 33.0 Å². The summed E-state index contributed by atoms with van der Waals surface area (Å²) in [4.78, 5) is 0. The Morgan fingerprint density at radius 2 is 1.86 bits per heavy atom. The van der Waals surface area contributed by atoms with Crippen molar-refractivity contribution in [3.05, 3.63) is 22.7 Å². The van der Waals surface area contributed by atoms with E-state index in [9.17, 15) is 0 Å². The highest BCUT2D eigenvalue weighted by atomic mass is 35.5. The summed E-state index contributed by atoms with van der Waals surface area (Å²) in [7, 11) is 3.29. The average molecular weight is 316 g/mol. The second-order valence-electron chi connectivity index (χ2n) is 5.91. The Bertz CT molecular complexity index is 444. The fourth-order valence-electron chi connectivity index (χ4n) is 1.76. The molecule has 120 valence electrons. The summed E-state index contributed by atoms with van der Waals surface area (Å²) in [6, 6.07) is 3.87. The maximum absolute atomic E-state index is 6.31. The molecule has 5 heteroatoms. The zero-order valence-electron chi connectivity index (χ0n) is 13.6. The minimum atomic E-state index is 0.0506. The van der Waals surface area contributed by atoms with Gasteiger partial charge >= 0.3 is 0 Å². The summed E-state index contributed by atoms with van der Waals surface area (Å²) in [6.45, 7) is 8.30. The highest BCUT2D eigenvalue weighted by Crippen LogP contribution is 2.36. The van der Waals surface area contributed by atoms with E-state index in [0.29, 0.717) is 29.7 Å². The molecule has 0 unspecified atom stereocenters. The number of hydrogen-bond donors (Lipinski definition) is 1. The van der Waals surface area contributed by atoms with Crippen LogP contribution >= 0.6 is 11.6 Å². The minimum absolute atomic E-state index is 0.0506. The van der Waals surface area contributed by atoms with Gasteiger partial charge in [0.05, 0.1) is 18.7 Å². The normalized spacial score (nSPS) is 11.5. The summed E-state index contributed by atoms with van der Waals surface area (Å²) < 4.78 is 16.1. The summed E-state index contributed by atoms with van der Waals surface area (Å²) in [5, 5.41) is 3.99. The molecule has 0 saturated heterocycles. The van der Waals surface area contributed by atoms with E-state index in [0.717, 1.165) is 18.5 Å². The van der Waals surface area contributed by atoms with Gasteiger partial charge in [-0.2, -0.15) is 0 Å². The summed E-state index contributed by atoms with van der Waals surface area (Å²) in [5.41, 5.74) is 1.12. The quantitative estimate of drug-likeness (QED) is 0.743. The largest absolute Gasteiger partial charge is 0.493 e. The summed E-state index contributed by atoms with van der Waals surface area (Å²) >= 11 is 6.31. The smallest absolute Gasteiger partial charge is 0.179 e. The molecular weight excluding hydrogens is 290 g/mol. The molecule has 0 atom stereocenters. The molecule has 1 aromatic rings. The Kier molecular flexibility index (Phi) is 7.29. The van der Waals surface area contributed by atoms with Crippen molar-refractivity contribution >= 4 is 11.6 Å². The molecular formula is C16H26ClNO3. The third-order valence-corrected chi connectivity index (χ3v) is 3.13. The van der Waals surface area contributed by atoms with E-state index < -0.39 is 0 Å². The van der Waals surface area contributed by atoms with Crippen molar-refractivity contribution in [1.82, 2.24) is 5.32 Å². The molecule has 0 amide bonds. The molecule has 1 N–H and O–H groups in total. The number of ether oxygens (including phenoxy) is 3. The molecule has 0 aliphatic heterocycles. The van der Waals surface area contributed by atoms with Crippen molar-refractivity contribution in [3.63, 3.8) is 0 Å². The first-order chi connectivity index (χ1) is 9.87. The lowest BCUT2D eigenvalue weighted by Gasteiger charge is -2.21. The van der Waals surface area contributed by atoms with Crippen LogP contribution in [0, 0.1) is 0 Å². The molecule has 0 aliphatic rings. The van der Waals surface area contributed by atoms with Crippen LogP contribution in [0.5, 0.6) is 11.5 Å². The predicted molar refractivity (Wildman–Crippen MR) is 86.6 cm³/mol. The van der Waals surface area contributed by atoms with Gasteiger partial charge in [0.25, 0.3) is 0 Å². The van der Waals surface area contributed by atoms with Gasteiger partial charge in [0.2, 0.25) is 0 Å². The molecule has 0 heterocycles. The lowest BCUT2D eigenvalue weighted by molar-refractivity contribution is 0.170. The van der Waals surface area contributed by atoms with Gasteiger partial charge in [0.1, 0.15) is 0 Å². The van der Waals surface area contributed by atoms with E-state index in [1.165, 1.54) is 0 Å². The van der Waals surface area contributed by atoms with Crippen LogP contribution in [0.4, 0.5) is 0 Å². The first kappa shape index (κ1) is 18.1. The third kappa shape index (κ3) is 6.55. The second-order valence-corrected chi connectivity index (χ2v) is 6.31. The molecule has 1 aromatic carbocycles. The maximum Gasteiger partial charge on any atom is 0.179 e. The third-order valence-electron chi connectivity index (χ3n) is 2.85. The van der Waals surface area contributed by atoms with Gasteiger partial charge in [-0.3, -0.25) is 0 Å². The van der Waals surface area contributed by atoms with E-state index in [2.05, 4.69) is 26.1 Å². The van der Waals surface area contributed by atoms with Crippen molar-refractivity contribution < 1.29 is 14.2 Å². The van der Waals surface area contributed by atoms with Crippen LogP contribution in [0.2, 0.25) is 5.02 Å².